The van der Waals surface area contributed by atoms with Gasteiger partial charge in [-0.25, -0.2) is 0 Å². The number of nitrogens with one attached hydrogen (secondary N) is 1. The first kappa shape index (κ1) is 17.3. The first-order valence-electron chi connectivity index (χ1n) is 7.99. The van der Waals surface area contributed by atoms with Crippen molar-refractivity contribution in [2.45, 2.75) is 17.6 Å². The van der Waals surface area contributed by atoms with E-state index >= 15 is 0 Å². The number of carbonyl (C=O) groups excluding carboxylic acids is 2. The fraction of sp³-hybridized carbons (Fsp3) is 0.100. The van der Waals surface area contributed by atoms with E-state index in [1.165, 1.54) is 23.8 Å². The van der Waals surface area contributed by atoms with E-state index in [4.69, 9.17) is 11.6 Å². The van der Waals surface area contributed by atoms with Crippen LogP contribution in [0.1, 0.15) is 32.5 Å². The van der Waals surface area contributed by atoms with Crippen molar-refractivity contribution in [3.05, 3.63) is 69.6 Å². The van der Waals surface area contributed by atoms with Crippen LogP contribution in [-0.4, -0.2) is 11.7 Å². The minimum atomic E-state index is -0.138. The maximum atomic E-state index is 12.6. The van der Waals surface area contributed by atoms with Crippen LogP contribution in [0.5, 0.6) is 0 Å². The highest BCUT2D eigenvalue weighted by Gasteiger charge is 2.22. The third-order valence-electron chi connectivity index (χ3n) is 4.15. The quantitative estimate of drug-likeness (QED) is 0.539. The van der Waals surface area contributed by atoms with Gasteiger partial charge in [0.2, 0.25) is 0 Å². The number of amides is 1. The second-order valence-corrected chi connectivity index (χ2v) is 8.49. The number of benzene rings is 2. The lowest BCUT2D eigenvalue weighted by Gasteiger charge is -2.15. The lowest BCUT2D eigenvalue weighted by atomic mass is 10.1. The van der Waals surface area contributed by atoms with Gasteiger partial charge in [0.1, 0.15) is 0 Å². The molecule has 1 amide bonds. The van der Waals surface area contributed by atoms with Gasteiger partial charge in [-0.3, -0.25) is 9.59 Å². The maximum Gasteiger partial charge on any atom is 0.265 e. The lowest BCUT2D eigenvalue weighted by molar-refractivity contribution is 0.101. The molecule has 0 saturated heterocycles. The Labute approximate surface area is 164 Å². The largest absolute Gasteiger partial charge is 0.321 e. The van der Waals surface area contributed by atoms with Crippen molar-refractivity contribution in [3.8, 4) is 10.4 Å². The van der Waals surface area contributed by atoms with Crippen LogP contribution < -0.4 is 5.32 Å². The molecule has 1 aliphatic rings. The Bertz CT molecular complexity index is 1020. The highest BCUT2D eigenvalue weighted by atomic mass is 35.5. The van der Waals surface area contributed by atoms with E-state index in [2.05, 4.69) is 5.32 Å². The van der Waals surface area contributed by atoms with Crippen LogP contribution in [0.4, 0.5) is 5.69 Å². The fourth-order valence-electron chi connectivity index (χ4n) is 2.82. The molecule has 0 spiro atoms. The molecule has 6 heteroatoms. The van der Waals surface area contributed by atoms with Gasteiger partial charge < -0.3 is 5.32 Å². The average Bonchev–Trinajstić information content (AvgIpc) is 3.06. The zero-order valence-corrected chi connectivity index (χ0v) is 16.2. The number of hydrogen-bond acceptors (Lipinski definition) is 4. The zero-order valence-electron chi connectivity index (χ0n) is 13.8. The summed E-state index contributed by atoms with van der Waals surface area (Å²) in [5.41, 5.74) is 3.61. The number of rotatable bonds is 3. The van der Waals surface area contributed by atoms with Gasteiger partial charge in [0.15, 0.2) is 5.78 Å². The van der Waals surface area contributed by atoms with Gasteiger partial charge >= 0.3 is 0 Å². The van der Waals surface area contributed by atoms with E-state index in [9.17, 15) is 9.59 Å². The van der Waals surface area contributed by atoms with Crippen LogP contribution in [0.15, 0.2) is 53.4 Å². The van der Waals surface area contributed by atoms with Crippen LogP contribution >= 0.6 is 34.7 Å². The standard InChI is InChI=1S/C20H14ClNO2S2/c1-11(23)12-2-5-15(6-3-12)22-20(24)18-8-13-10-25-17-9-14(21)4-7-16(17)19(13)26-18/h2-9H,10H2,1H3,(H,22,24). The topological polar surface area (TPSA) is 46.2 Å². The molecule has 1 aliphatic heterocycles. The van der Waals surface area contributed by atoms with Crippen molar-refractivity contribution < 1.29 is 9.59 Å². The SMILES string of the molecule is CC(=O)c1ccc(NC(=O)c2cc3c(s2)-c2ccc(Cl)cc2SC3)cc1. The summed E-state index contributed by atoms with van der Waals surface area (Å²) in [6.07, 6.45) is 0. The normalized spacial score (nSPS) is 12.2. The molecule has 26 heavy (non-hydrogen) atoms. The molecule has 4 rings (SSSR count). The maximum absolute atomic E-state index is 12.6. The van der Waals surface area contributed by atoms with Gasteiger partial charge in [0.05, 0.1) is 4.88 Å². The molecule has 1 aromatic heterocycles. The van der Waals surface area contributed by atoms with Gasteiger partial charge in [0, 0.05) is 37.4 Å². The molecular formula is C20H14ClNO2S2. The van der Waals surface area contributed by atoms with E-state index in [1.807, 2.05) is 24.3 Å². The predicted octanol–water partition coefficient (Wildman–Crippen LogP) is 6.13. The molecule has 0 bridgehead atoms. The summed E-state index contributed by atoms with van der Waals surface area (Å²) < 4.78 is 0. The predicted molar refractivity (Wildman–Crippen MR) is 109 cm³/mol. The lowest BCUT2D eigenvalue weighted by Crippen LogP contribution is -2.10. The van der Waals surface area contributed by atoms with Crippen molar-refractivity contribution in [2.75, 3.05) is 5.32 Å². The van der Waals surface area contributed by atoms with E-state index in [0.717, 1.165) is 26.1 Å². The van der Waals surface area contributed by atoms with Crippen LogP contribution in [0.2, 0.25) is 5.02 Å². The van der Waals surface area contributed by atoms with Crippen molar-refractivity contribution in [3.63, 3.8) is 0 Å². The Balaban J connectivity index is 1.59. The van der Waals surface area contributed by atoms with Crippen molar-refractivity contribution in [1.82, 2.24) is 0 Å². The molecule has 0 saturated carbocycles. The van der Waals surface area contributed by atoms with Crippen LogP contribution in [0, 0.1) is 0 Å². The van der Waals surface area contributed by atoms with Gasteiger partial charge in [0.25, 0.3) is 5.91 Å². The first-order valence-corrected chi connectivity index (χ1v) is 10.2. The third kappa shape index (κ3) is 3.30. The number of anilines is 1. The Morgan fingerprint density at radius 2 is 1.85 bits per heavy atom. The fourth-order valence-corrected chi connectivity index (χ4v) is 5.40. The summed E-state index contributed by atoms with van der Waals surface area (Å²) >= 11 is 9.32. The minimum Gasteiger partial charge on any atom is -0.321 e. The molecule has 2 heterocycles. The van der Waals surface area contributed by atoms with E-state index < -0.39 is 0 Å². The number of ketones is 1. The number of hydrogen-bond donors (Lipinski definition) is 1. The number of carbonyl (C=O) groups is 2. The molecule has 130 valence electrons. The molecule has 3 nitrogen and oxygen atoms in total. The van der Waals surface area contributed by atoms with Crippen molar-refractivity contribution in [2.24, 2.45) is 0 Å². The highest BCUT2D eigenvalue weighted by Crippen LogP contribution is 2.46. The van der Waals surface area contributed by atoms with Gasteiger partial charge in [-0.15, -0.1) is 23.1 Å². The molecular weight excluding hydrogens is 386 g/mol. The molecule has 1 N–H and O–H groups in total. The van der Waals surface area contributed by atoms with Crippen molar-refractivity contribution >= 4 is 52.1 Å². The highest BCUT2D eigenvalue weighted by molar-refractivity contribution is 7.98. The van der Waals surface area contributed by atoms with E-state index in [0.29, 0.717) is 16.1 Å². The number of thioether (sulfide) groups is 1. The molecule has 0 unspecified atom stereocenters. The Morgan fingerprint density at radius 3 is 2.58 bits per heavy atom. The summed E-state index contributed by atoms with van der Waals surface area (Å²) in [6.45, 7) is 1.52. The second kappa shape index (κ2) is 6.91. The minimum absolute atomic E-state index is 0.00470. The number of fused-ring (bicyclic) bond motifs is 3. The van der Waals surface area contributed by atoms with Gasteiger partial charge in [-0.05, 0) is 55.0 Å². The van der Waals surface area contributed by atoms with E-state index in [1.54, 1.807) is 36.0 Å². The average molecular weight is 400 g/mol. The Morgan fingerprint density at radius 1 is 1.08 bits per heavy atom. The summed E-state index contributed by atoms with van der Waals surface area (Å²) in [5.74, 6) is 0.699. The van der Waals surface area contributed by atoms with E-state index in [-0.39, 0.29) is 11.7 Å². The van der Waals surface area contributed by atoms with Gasteiger partial charge in [-0.2, -0.15) is 0 Å². The second-order valence-electron chi connectivity index (χ2n) is 5.98. The molecule has 0 radical (unpaired) electrons. The number of halogens is 1. The number of Topliss-reactive ketones (excluding diaryl/α,β-unsaturated/α-hetero) is 1. The smallest absolute Gasteiger partial charge is 0.265 e. The Kier molecular flexibility index (Phi) is 4.61. The van der Waals surface area contributed by atoms with Gasteiger partial charge in [-0.1, -0.05) is 17.7 Å². The number of thiophene rings is 1. The van der Waals surface area contributed by atoms with Crippen molar-refractivity contribution in [1.29, 1.82) is 0 Å². The monoisotopic (exact) mass is 399 g/mol. The molecule has 0 fully saturated rings. The Hall–Kier alpha value is -2.08. The van der Waals surface area contributed by atoms with Crippen LogP contribution in [-0.2, 0) is 5.75 Å². The molecule has 2 aromatic carbocycles. The summed E-state index contributed by atoms with van der Waals surface area (Å²) in [4.78, 5) is 26.9. The van der Waals surface area contributed by atoms with Crippen LogP contribution in [0.3, 0.4) is 0 Å². The van der Waals surface area contributed by atoms with Crippen LogP contribution in [0.25, 0.3) is 10.4 Å². The third-order valence-corrected chi connectivity index (χ3v) is 6.70. The summed E-state index contributed by atoms with van der Waals surface area (Å²) in [5, 5.41) is 3.62. The molecule has 0 aliphatic carbocycles. The molecule has 3 aromatic rings. The summed E-state index contributed by atoms with van der Waals surface area (Å²) in [7, 11) is 0. The summed E-state index contributed by atoms with van der Waals surface area (Å²) in [6, 6.07) is 14.8. The first-order chi connectivity index (χ1) is 12.5. The molecule has 0 atom stereocenters. The zero-order chi connectivity index (χ0) is 18.3.